The number of pyridine rings is 2. The molecule has 34 heavy (non-hydrogen) atoms. The first-order valence-corrected chi connectivity index (χ1v) is 11.2. The topological polar surface area (TPSA) is 63.9 Å². The molecule has 3 aromatic heterocycles. The third-order valence-electron chi connectivity index (χ3n) is 5.53. The lowest BCUT2D eigenvalue weighted by Gasteiger charge is -2.15. The molecule has 0 saturated heterocycles. The maximum Gasteiger partial charge on any atom is 0.267 e. The molecule has 6 nitrogen and oxygen atoms in total. The highest BCUT2D eigenvalue weighted by atomic mass is 35.5. The van der Waals surface area contributed by atoms with Gasteiger partial charge in [0.25, 0.3) is 5.56 Å². The van der Waals surface area contributed by atoms with Crippen LogP contribution >= 0.6 is 11.6 Å². The lowest BCUT2D eigenvalue weighted by molar-refractivity contribution is 0.397. The molecular formula is C27H22ClN5O. The third kappa shape index (κ3) is 4.21. The lowest BCUT2D eigenvalue weighted by Crippen LogP contribution is -2.22. The van der Waals surface area contributed by atoms with Gasteiger partial charge in [0.15, 0.2) is 0 Å². The highest BCUT2D eigenvalue weighted by molar-refractivity contribution is 6.30. The van der Waals surface area contributed by atoms with Crippen LogP contribution in [0.25, 0.3) is 39.2 Å². The quantitative estimate of drug-likeness (QED) is 0.354. The number of hydrogen-bond acceptors (Lipinski definition) is 5. The van der Waals surface area contributed by atoms with E-state index in [0.717, 1.165) is 28.9 Å². The number of aromatic nitrogens is 4. The largest absolute Gasteiger partial charge is 0.304 e. The third-order valence-corrected chi connectivity index (χ3v) is 5.75. The Labute approximate surface area is 202 Å². The number of nitrogens with zero attached hydrogens (tertiary/aromatic N) is 5. The second-order valence-corrected chi connectivity index (χ2v) is 8.68. The molecule has 0 spiro atoms. The van der Waals surface area contributed by atoms with E-state index in [0.29, 0.717) is 27.6 Å². The van der Waals surface area contributed by atoms with Crippen molar-refractivity contribution in [2.75, 3.05) is 14.1 Å². The van der Waals surface area contributed by atoms with E-state index in [1.807, 2.05) is 68.8 Å². The highest BCUT2D eigenvalue weighted by Crippen LogP contribution is 2.27. The summed E-state index contributed by atoms with van der Waals surface area (Å²) in [6, 6.07) is 22.8. The Morgan fingerprint density at radius 3 is 2.38 bits per heavy atom. The van der Waals surface area contributed by atoms with Gasteiger partial charge in [0.2, 0.25) is 0 Å². The van der Waals surface area contributed by atoms with Crippen LogP contribution in [0.3, 0.4) is 0 Å². The minimum Gasteiger partial charge on any atom is -0.304 e. The molecule has 0 atom stereocenters. The predicted molar refractivity (Wildman–Crippen MR) is 136 cm³/mol. The highest BCUT2D eigenvalue weighted by Gasteiger charge is 2.16. The van der Waals surface area contributed by atoms with E-state index in [1.165, 1.54) is 10.8 Å². The molecule has 3 heterocycles. The smallest absolute Gasteiger partial charge is 0.267 e. The molecule has 0 unspecified atom stereocenters. The average molecular weight is 468 g/mol. The molecule has 0 N–H and O–H groups in total. The van der Waals surface area contributed by atoms with Crippen LogP contribution in [0, 0.1) is 0 Å². The van der Waals surface area contributed by atoms with E-state index in [1.54, 1.807) is 18.2 Å². The van der Waals surface area contributed by atoms with Gasteiger partial charge in [-0.15, -0.1) is 0 Å². The minimum absolute atomic E-state index is 0.181. The van der Waals surface area contributed by atoms with Crippen molar-refractivity contribution in [2.24, 2.45) is 0 Å². The molecule has 0 aliphatic carbocycles. The van der Waals surface area contributed by atoms with Gasteiger partial charge >= 0.3 is 0 Å². The zero-order valence-corrected chi connectivity index (χ0v) is 19.6. The molecule has 0 bridgehead atoms. The van der Waals surface area contributed by atoms with Crippen molar-refractivity contribution in [1.29, 1.82) is 0 Å². The van der Waals surface area contributed by atoms with Crippen LogP contribution in [0.1, 0.15) is 5.69 Å². The fourth-order valence-corrected chi connectivity index (χ4v) is 4.08. The van der Waals surface area contributed by atoms with Crippen molar-refractivity contribution in [3.63, 3.8) is 0 Å². The summed E-state index contributed by atoms with van der Waals surface area (Å²) < 4.78 is 1.54. The van der Waals surface area contributed by atoms with Crippen molar-refractivity contribution < 1.29 is 0 Å². The van der Waals surface area contributed by atoms with Gasteiger partial charge in [0, 0.05) is 30.1 Å². The van der Waals surface area contributed by atoms with Gasteiger partial charge in [-0.2, -0.15) is 0 Å². The molecule has 2 aromatic carbocycles. The average Bonchev–Trinajstić information content (AvgIpc) is 2.85. The molecule has 0 amide bonds. The van der Waals surface area contributed by atoms with Crippen LogP contribution in [0.2, 0.25) is 5.02 Å². The Morgan fingerprint density at radius 2 is 1.65 bits per heavy atom. The molecule has 0 radical (unpaired) electrons. The van der Waals surface area contributed by atoms with Gasteiger partial charge in [-0.05, 0) is 50.0 Å². The van der Waals surface area contributed by atoms with Crippen molar-refractivity contribution in [3.05, 3.63) is 106 Å². The number of para-hydroxylation sites is 1. The Bertz CT molecular complexity index is 1530. The zero-order chi connectivity index (χ0) is 23.7. The number of fused-ring (bicyclic) bond motifs is 1. The van der Waals surface area contributed by atoms with Crippen molar-refractivity contribution in [2.45, 2.75) is 6.54 Å². The van der Waals surface area contributed by atoms with E-state index < -0.39 is 0 Å². The first kappa shape index (κ1) is 21.9. The van der Waals surface area contributed by atoms with Gasteiger partial charge in [-0.1, -0.05) is 54.1 Å². The fourth-order valence-electron chi connectivity index (χ4n) is 3.96. The molecule has 168 valence electrons. The SMILES string of the molecule is CN(C)Cc1ncccc1-c1ccc(-c2nc3ccccc3c(=O)n2-c2ccc(Cl)cn2)cc1. The molecule has 7 heteroatoms. The van der Waals surface area contributed by atoms with E-state index >= 15 is 0 Å². The monoisotopic (exact) mass is 467 g/mol. The Balaban J connectivity index is 1.66. The number of benzene rings is 2. The normalized spacial score (nSPS) is 11.3. The summed E-state index contributed by atoms with van der Waals surface area (Å²) in [6.45, 7) is 0.742. The van der Waals surface area contributed by atoms with Crippen molar-refractivity contribution >= 4 is 22.5 Å². The second kappa shape index (κ2) is 9.17. The van der Waals surface area contributed by atoms with E-state index in [9.17, 15) is 4.79 Å². The van der Waals surface area contributed by atoms with Gasteiger partial charge in [0.1, 0.15) is 11.6 Å². The van der Waals surface area contributed by atoms with Crippen molar-refractivity contribution in [3.8, 4) is 28.3 Å². The summed E-state index contributed by atoms with van der Waals surface area (Å²) in [5.74, 6) is 0.983. The number of halogens is 1. The summed E-state index contributed by atoms with van der Waals surface area (Å²) in [5.41, 5.74) is 4.39. The van der Waals surface area contributed by atoms with Crippen LogP contribution in [-0.4, -0.2) is 38.5 Å². The van der Waals surface area contributed by atoms with Gasteiger partial charge in [0.05, 0.1) is 21.6 Å². The molecule has 0 aliphatic rings. The van der Waals surface area contributed by atoms with E-state index in [2.05, 4.69) is 20.9 Å². The molecule has 0 aliphatic heterocycles. The standard InChI is InChI=1S/C27H22ClN5O/c1-32(2)17-24-21(7-5-15-29-24)18-9-11-19(12-10-18)26-31-23-8-4-3-6-22(23)27(34)33(26)25-14-13-20(28)16-30-25/h3-16H,17H2,1-2H3. The van der Waals surface area contributed by atoms with E-state index in [4.69, 9.17) is 16.6 Å². The molecule has 5 aromatic rings. The van der Waals surface area contributed by atoms with Gasteiger partial charge in [-0.25, -0.2) is 14.5 Å². The number of rotatable bonds is 5. The first-order valence-electron chi connectivity index (χ1n) is 10.8. The summed E-state index contributed by atoms with van der Waals surface area (Å²) >= 11 is 6.04. The molecule has 0 saturated carbocycles. The van der Waals surface area contributed by atoms with Crippen LogP contribution < -0.4 is 5.56 Å². The van der Waals surface area contributed by atoms with Crippen molar-refractivity contribution in [1.82, 2.24) is 24.4 Å². The summed E-state index contributed by atoms with van der Waals surface area (Å²) in [6.07, 6.45) is 3.34. The van der Waals surface area contributed by atoms with Crippen LogP contribution in [-0.2, 0) is 6.54 Å². The zero-order valence-electron chi connectivity index (χ0n) is 18.8. The van der Waals surface area contributed by atoms with Crippen LogP contribution in [0.5, 0.6) is 0 Å². The Kier molecular flexibility index (Phi) is 5.92. The maximum atomic E-state index is 13.5. The minimum atomic E-state index is -0.181. The first-order chi connectivity index (χ1) is 16.5. The molecule has 0 fully saturated rings. The Hall–Kier alpha value is -3.87. The Morgan fingerprint density at radius 1 is 0.882 bits per heavy atom. The van der Waals surface area contributed by atoms with Gasteiger partial charge < -0.3 is 4.90 Å². The summed E-state index contributed by atoms with van der Waals surface area (Å²) in [4.78, 5) is 29.4. The molecular weight excluding hydrogens is 446 g/mol. The summed E-state index contributed by atoms with van der Waals surface area (Å²) in [7, 11) is 4.05. The maximum absolute atomic E-state index is 13.5. The number of hydrogen-bond donors (Lipinski definition) is 0. The second-order valence-electron chi connectivity index (χ2n) is 8.24. The van der Waals surface area contributed by atoms with Crippen LogP contribution in [0.4, 0.5) is 0 Å². The predicted octanol–water partition coefficient (Wildman–Crippen LogP) is 5.22. The lowest BCUT2D eigenvalue weighted by atomic mass is 10.0. The fraction of sp³-hybridized carbons (Fsp3) is 0.111. The molecule has 5 rings (SSSR count). The van der Waals surface area contributed by atoms with Gasteiger partial charge in [-0.3, -0.25) is 9.78 Å². The summed E-state index contributed by atoms with van der Waals surface area (Å²) in [5, 5.41) is 1.03. The van der Waals surface area contributed by atoms with E-state index in [-0.39, 0.29) is 5.56 Å². The van der Waals surface area contributed by atoms with Crippen LogP contribution in [0.15, 0.2) is 90.0 Å².